The van der Waals surface area contributed by atoms with Gasteiger partial charge in [-0.1, -0.05) is 44.2 Å². The van der Waals surface area contributed by atoms with Gasteiger partial charge in [0.1, 0.15) is 0 Å². The molecule has 1 saturated heterocycles. The van der Waals surface area contributed by atoms with Crippen LogP contribution in [0.1, 0.15) is 42.5 Å². The fourth-order valence-electron chi connectivity index (χ4n) is 3.78. The number of hydrogen-bond donors (Lipinski definition) is 1. The molecule has 4 heteroatoms. The molecule has 1 heterocycles. The van der Waals surface area contributed by atoms with E-state index in [2.05, 4.69) is 31.3 Å². The minimum atomic E-state index is -0.327. The van der Waals surface area contributed by atoms with Crippen LogP contribution in [0, 0.1) is 19.8 Å². The number of para-hydroxylation sites is 1. The summed E-state index contributed by atoms with van der Waals surface area (Å²) >= 11 is 0. The first kappa shape index (κ1) is 19.2. The van der Waals surface area contributed by atoms with Crippen LogP contribution >= 0.6 is 0 Å². The molecule has 0 saturated carbocycles. The highest BCUT2D eigenvalue weighted by Crippen LogP contribution is 2.33. The molecule has 0 radical (unpaired) electrons. The summed E-state index contributed by atoms with van der Waals surface area (Å²) in [7, 11) is 0. The van der Waals surface area contributed by atoms with Crippen molar-refractivity contribution in [2.45, 2.75) is 47.0 Å². The van der Waals surface area contributed by atoms with Gasteiger partial charge < -0.3 is 10.2 Å². The fourth-order valence-corrected chi connectivity index (χ4v) is 3.78. The van der Waals surface area contributed by atoms with Crippen LogP contribution in [0.5, 0.6) is 0 Å². The predicted octanol–water partition coefficient (Wildman–Crippen LogP) is 4.42. The molecule has 1 N–H and O–H groups in total. The normalized spacial score (nSPS) is 16.7. The molecule has 2 amide bonds. The molecule has 0 aromatic heterocycles. The third-order valence-electron chi connectivity index (χ3n) is 5.59. The topological polar surface area (TPSA) is 49.4 Å². The second-order valence-electron chi connectivity index (χ2n) is 7.27. The minimum absolute atomic E-state index is 0.0340. The molecule has 27 heavy (non-hydrogen) atoms. The SMILES string of the molecule is CCc1cccc(CC)c1N1C[C@H](C(=O)Nc2cccc(C)c2C)CC1=O. The molecule has 2 aromatic rings. The first-order valence-electron chi connectivity index (χ1n) is 9.74. The molecule has 0 aliphatic carbocycles. The van der Waals surface area contributed by atoms with Crippen molar-refractivity contribution in [3.8, 4) is 0 Å². The molecular weight excluding hydrogens is 336 g/mol. The van der Waals surface area contributed by atoms with Gasteiger partial charge in [0, 0.05) is 24.3 Å². The van der Waals surface area contributed by atoms with Gasteiger partial charge in [0.15, 0.2) is 0 Å². The molecule has 3 rings (SSSR count). The van der Waals surface area contributed by atoms with Gasteiger partial charge in [0.05, 0.1) is 5.92 Å². The lowest BCUT2D eigenvalue weighted by molar-refractivity contribution is -0.122. The van der Waals surface area contributed by atoms with Crippen molar-refractivity contribution in [1.29, 1.82) is 0 Å². The second-order valence-corrected chi connectivity index (χ2v) is 7.27. The number of carbonyl (C=O) groups excluding carboxylic acids is 2. The van der Waals surface area contributed by atoms with Crippen molar-refractivity contribution in [3.05, 3.63) is 58.7 Å². The fraction of sp³-hybridized carbons (Fsp3) is 0.391. The standard InChI is InChI=1S/C23H28N2O2/c1-5-17-10-8-11-18(6-2)22(17)25-14-19(13-21(25)26)23(27)24-20-12-7-9-15(3)16(20)4/h7-12,19H,5-6,13-14H2,1-4H3,(H,24,27)/t19-/m1/s1. The van der Waals surface area contributed by atoms with E-state index in [9.17, 15) is 9.59 Å². The number of carbonyl (C=O) groups is 2. The monoisotopic (exact) mass is 364 g/mol. The Labute approximate surface area is 161 Å². The van der Waals surface area contributed by atoms with E-state index >= 15 is 0 Å². The van der Waals surface area contributed by atoms with Gasteiger partial charge in [-0.3, -0.25) is 9.59 Å². The van der Waals surface area contributed by atoms with Gasteiger partial charge in [-0.2, -0.15) is 0 Å². The van der Waals surface area contributed by atoms with Gasteiger partial charge in [-0.15, -0.1) is 0 Å². The van der Waals surface area contributed by atoms with Gasteiger partial charge in [-0.05, 0) is 55.0 Å². The van der Waals surface area contributed by atoms with Crippen molar-refractivity contribution in [1.82, 2.24) is 0 Å². The van der Waals surface area contributed by atoms with Crippen LogP contribution < -0.4 is 10.2 Å². The van der Waals surface area contributed by atoms with E-state index in [4.69, 9.17) is 0 Å². The third-order valence-corrected chi connectivity index (χ3v) is 5.59. The van der Waals surface area contributed by atoms with E-state index in [-0.39, 0.29) is 24.2 Å². The maximum atomic E-state index is 12.8. The Hall–Kier alpha value is -2.62. The minimum Gasteiger partial charge on any atom is -0.326 e. The number of benzene rings is 2. The Morgan fingerprint density at radius 1 is 1.07 bits per heavy atom. The average molecular weight is 364 g/mol. The smallest absolute Gasteiger partial charge is 0.229 e. The van der Waals surface area contributed by atoms with Gasteiger partial charge in [0.2, 0.25) is 11.8 Å². The van der Waals surface area contributed by atoms with Crippen LogP contribution in [-0.4, -0.2) is 18.4 Å². The summed E-state index contributed by atoms with van der Waals surface area (Å²) in [4.78, 5) is 27.4. The Balaban J connectivity index is 1.82. The molecule has 1 atom stereocenters. The zero-order valence-corrected chi connectivity index (χ0v) is 16.6. The lowest BCUT2D eigenvalue weighted by atomic mass is 10.0. The van der Waals surface area contributed by atoms with E-state index in [1.807, 2.05) is 43.0 Å². The third kappa shape index (κ3) is 3.75. The number of rotatable bonds is 5. The number of aryl methyl sites for hydroxylation is 3. The molecule has 0 unspecified atom stereocenters. The molecule has 142 valence electrons. The molecule has 1 aliphatic rings. The van der Waals surface area contributed by atoms with Gasteiger partial charge in [-0.25, -0.2) is 0 Å². The van der Waals surface area contributed by atoms with Crippen molar-refractivity contribution in [2.24, 2.45) is 5.92 Å². The summed E-state index contributed by atoms with van der Waals surface area (Å²) < 4.78 is 0. The summed E-state index contributed by atoms with van der Waals surface area (Å²) in [6, 6.07) is 12.1. The first-order valence-corrected chi connectivity index (χ1v) is 9.74. The lowest BCUT2D eigenvalue weighted by Gasteiger charge is -2.23. The molecule has 0 spiro atoms. The molecular formula is C23H28N2O2. The Kier molecular flexibility index (Phi) is 5.64. The van der Waals surface area contributed by atoms with E-state index in [0.717, 1.165) is 35.3 Å². The first-order chi connectivity index (χ1) is 13.0. The van der Waals surface area contributed by atoms with Crippen molar-refractivity contribution < 1.29 is 9.59 Å². The van der Waals surface area contributed by atoms with Crippen LogP contribution in [0.2, 0.25) is 0 Å². The summed E-state index contributed by atoms with van der Waals surface area (Å²) in [6.07, 6.45) is 2.00. The highest BCUT2D eigenvalue weighted by molar-refractivity contribution is 6.04. The van der Waals surface area contributed by atoms with Crippen molar-refractivity contribution >= 4 is 23.2 Å². The highest BCUT2D eigenvalue weighted by atomic mass is 16.2. The molecule has 1 fully saturated rings. The maximum absolute atomic E-state index is 12.8. The van der Waals surface area contributed by atoms with Crippen LogP contribution in [0.15, 0.2) is 36.4 Å². The van der Waals surface area contributed by atoms with Crippen LogP contribution in [-0.2, 0) is 22.4 Å². The van der Waals surface area contributed by atoms with E-state index in [0.29, 0.717) is 6.54 Å². The largest absolute Gasteiger partial charge is 0.326 e. The Morgan fingerprint density at radius 3 is 2.33 bits per heavy atom. The second kappa shape index (κ2) is 7.95. The molecule has 1 aliphatic heterocycles. The quantitative estimate of drug-likeness (QED) is 0.854. The number of nitrogens with zero attached hydrogens (tertiary/aromatic N) is 1. The highest BCUT2D eigenvalue weighted by Gasteiger charge is 2.36. The maximum Gasteiger partial charge on any atom is 0.229 e. The predicted molar refractivity (Wildman–Crippen MR) is 110 cm³/mol. The van der Waals surface area contributed by atoms with Gasteiger partial charge >= 0.3 is 0 Å². The number of amides is 2. The zero-order chi connectivity index (χ0) is 19.6. The Morgan fingerprint density at radius 2 is 1.70 bits per heavy atom. The summed E-state index contributed by atoms with van der Waals surface area (Å²) in [5.41, 5.74) is 6.37. The van der Waals surface area contributed by atoms with Crippen LogP contribution in [0.4, 0.5) is 11.4 Å². The average Bonchev–Trinajstić information content (AvgIpc) is 3.06. The van der Waals surface area contributed by atoms with Crippen molar-refractivity contribution in [2.75, 3.05) is 16.8 Å². The summed E-state index contributed by atoms with van der Waals surface area (Å²) in [5.74, 6) is -0.370. The Bertz CT molecular complexity index is 850. The van der Waals surface area contributed by atoms with Crippen LogP contribution in [0.3, 0.4) is 0 Å². The lowest BCUT2D eigenvalue weighted by Crippen LogP contribution is -2.29. The van der Waals surface area contributed by atoms with Crippen molar-refractivity contribution in [3.63, 3.8) is 0 Å². The van der Waals surface area contributed by atoms with Crippen LogP contribution in [0.25, 0.3) is 0 Å². The molecule has 0 bridgehead atoms. The number of hydrogen-bond acceptors (Lipinski definition) is 2. The zero-order valence-electron chi connectivity index (χ0n) is 16.6. The number of anilines is 2. The summed E-state index contributed by atoms with van der Waals surface area (Å²) in [5, 5.41) is 3.02. The summed E-state index contributed by atoms with van der Waals surface area (Å²) in [6.45, 7) is 8.68. The van der Waals surface area contributed by atoms with E-state index in [1.54, 1.807) is 0 Å². The van der Waals surface area contributed by atoms with E-state index < -0.39 is 0 Å². The number of nitrogens with one attached hydrogen (secondary N) is 1. The van der Waals surface area contributed by atoms with E-state index in [1.165, 1.54) is 11.1 Å². The molecule has 2 aromatic carbocycles. The molecule has 4 nitrogen and oxygen atoms in total. The van der Waals surface area contributed by atoms with Gasteiger partial charge in [0.25, 0.3) is 0 Å².